The number of rotatable bonds is 4. The second kappa shape index (κ2) is 8.41. The Hall–Kier alpha value is -3.36. The summed E-state index contributed by atoms with van der Waals surface area (Å²) in [6.45, 7) is 1.50. The number of Topliss-reactive ketones (excluding diaryl/α,β-unsaturated/α-hetero) is 1. The van der Waals surface area contributed by atoms with Crippen molar-refractivity contribution in [1.29, 1.82) is 0 Å². The summed E-state index contributed by atoms with van der Waals surface area (Å²) < 4.78 is 6.65. The molecule has 4 rings (SSSR count). The summed E-state index contributed by atoms with van der Waals surface area (Å²) in [5, 5.41) is 2.56. The maximum atomic E-state index is 13.0. The van der Waals surface area contributed by atoms with Gasteiger partial charge in [0.25, 0.3) is 11.8 Å². The van der Waals surface area contributed by atoms with Crippen LogP contribution in [0.3, 0.4) is 0 Å². The molecule has 6 nitrogen and oxygen atoms in total. The van der Waals surface area contributed by atoms with Gasteiger partial charge in [0.1, 0.15) is 17.1 Å². The van der Waals surface area contributed by atoms with E-state index in [9.17, 15) is 14.4 Å². The molecular formula is C23H15BrN2O4S. The Balaban J connectivity index is 1.63. The van der Waals surface area contributed by atoms with E-state index in [1.165, 1.54) is 17.9 Å². The predicted octanol–water partition coefficient (Wildman–Crippen LogP) is 4.74. The number of nitrogens with one attached hydrogen (secondary N) is 1. The molecule has 1 saturated heterocycles. The van der Waals surface area contributed by atoms with Crippen LogP contribution in [0.2, 0.25) is 0 Å². The van der Waals surface area contributed by atoms with Crippen molar-refractivity contribution in [2.24, 2.45) is 0 Å². The Kier molecular flexibility index (Phi) is 5.67. The lowest BCUT2D eigenvalue weighted by molar-refractivity contribution is -0.122. The third-order valence-electron chi connectivity index (χ3n) is 4.68. The van der Waals surface area contributed by atoms with Crippen LogP contribution in [0.15, 0.2) is 75.1 Å². The average molecular weight is 495 g/mol. The SMILES string of the molecule is CC(=O)c1ccc(-c2ccc(C=C3C(=O)NC(=S)N(c4ccc(Br)cc4)C3=O)o2)cc1. The second-order valence-electron chi connectivity index (χ2n) is 6.77. The van der Waals surface area contributed by atoms with E-state index in [4.69, 9.17) is 16.6 Å². The van der Waals surface area contributed by atoms with Crippen molar-refractivity contribution in [3.63, 3.8) is 0 Å². The first-order valence-corrected chi connectivity index (χ1v) is 10.4. The summed E-state index contributed by atoms with van der Waals surface area (Å²) in [6, 6.07) is 17.4. The van der Waals surface area contributed by atoms with Gasteiger partial charge in [0.2, 0.25) is 0 Å². The zero-order valence-corrected chi connectivity index (χ0v) is 18.6. The number of thiocarbonyl (C=S) groups is 1. The van der Waals surface area contributed by atoms with Gasteiger partial charge in [0.05, 0.1) is 5.69 Å². The molecule has 1 aliphatic rings. The zero-order chi connectivity index (χ0) is 22.1. The van der Waals surface area contributed by atoms with Crippen molar-refractivity contribution < 1.29 is 18.8 Å². The first kappa shape index (κ1) is 20.9. The maximum absolute atomic E-state index is 13.0. The molecule has 154 valence electrons. The minimum absolute atomic E-state index is 0.0140. The number of hydrogen-bond acceptors (Lipinski definition) is 5. The smallest absolute Gasteiger partial charge is 0.270 e. The van der Waals surface area contributed by atoms with Crippen LogP contribution in [-0.2, 0) is 9.59 Å². The highest BCUT2D eigenvalue weighted by atomic mass is 79.9. The molecule has 0 unspecified atom stereocenters. The molecule has 2 heterocycles. The van der Waals surface area contributed by atoms with Crippen LogP contribution < -0.4 is 10.2 Å². The summed E-state index contributed by atoms with van der Waals surface area (Å²) in [5.74, 6) is -0.267. The number of anilines is 1. The lowest BCUT2D eigenvalue weighted by atomic mass is 10.1. The first-order chi connectivity index (χ1) is 14.8. The predicted molar refractivity (Wildman–Crippen MR) is 124 cm³/mol. The lowest BCUT2D eigenvalue weighted by Crippen LogP contribution is -2.54. The van der Waals surface area contributed by atoms with Crippen LogP contribution in [0.5, 0.6) is 0 Å². The van der Waals surface area contributed by atoms with Gasteiger partial charge in [0, 0.05) is 15.6 Å². The molecule has 31 heavy (non-hydrogen) atoms. The molecule has 1 fully saturated rings. The van der Waals surface area contributed by atoms with Gasteiger partial charge in [-0.1, -0.05) is 40.2 Å². The Morgan fingerprint density at radius 2 is 1.71 bits per heavy atom. The maximum Gasteiger partial charge on any atom is 0.270 e. The topological polar surface area (TPSA) is 79.6 Å². The highest BCUT2D eigenvalue weighted by molar-refractivity contribution is 9.10. The number of hydrogen-bond donors (Lipinski definition) is 1. The zero-order valence-electron chi connectivity index (χ0n) is 16.2. The van der Waals surface area contributed by atoms with Crippen LogP contribution in [0, 0.1) is 0 Å². The summed E-state index contributed by atoms with van der Waals surface area (Å²) in [7, 11) is 0. The van der Waals surface area contributed by atoms with E-state index >= 15 is 0 Å². The third kappa shape index (κ3) is 4.26. The number of nitrogens with zero attached hydrogens (tertiary/aromatic N) is 1. The molecule has 2 amide bonds. The van der Waals surface area contributed by atoms with Gasteiger partial charge in [0.15, 0.2) is 10.9 Å². The van der Waals surface area contributed by atoms with Crippen LogP contribution in [0.25, 0.3) is 17.4 Å². The number of carbonyl (C=O) groups is 3. The standard InChI is InChI=1S/C23H15BrN2O4S/c1-13(27)14-2-4-15(5-3-14)20-11-10-18(30-20)12-19-21(28)25-23(31)26(22(19)29)17-8-6-16(24)7-9-17/h2-12H,1H3,(H,25,28,31). The van der Waals surface area contributed by atoms with E-state index in [-0.39, 0.29) is 16.5 Å². The molecule has 0 atom stereocenters. The molecule has 0 bridgehead atoms. The molecule has 0 saturated carbocycles. The van der Waals surface area contributed by atoms with E-state index in [1.807, 2.05) is 0 Å². The van der Waals surface area contributed by atoms with Gasteiger partial charge < -0.3 is 4.42 Å². The Morgan fingerprint density at radius 3 is 2.35 bits per heavy atom. The molecule has 0 aliphatic carbocycles. The van der Waals surface area contributed by atoms with Crippen LogP contribution in [0.1, 0.15) is 23.0 Å². The number of amides is 2. The van der Waals surface area contributed by atoms with Gasteiger partial charge in [-0.25, -0.2) is 0 Å². The van der Waals surface area contributed by atoms with E-state index in [1.54, 1.807) is 60.7 Å². The fourth-order valence-corrected chi connectivity index (χ4v) is 3.62. The van der Waals surface area contributed by atoms with Gasteiger partial charge >= 0.3 is 0 Å². The molecule has 0 radical (unpaired) electrons. The van der Waals surface area contributed by atoms with E-state index in [0.717, 1.165) is 10.0 Å². The highest BCUT2D eigenvalue weighted by Crippen LogP contribution is 2.27. The molecule has 1 aromatic heterocycles. The minimum atomic E-state index is -0.591. The summed E-state index contributed by atoms with van der Waals surface area (Å²) in [6.07, 6.45) is 1.39. The Labute approximate surface area is 191 Å². The summed E-state index contributed by atoms with van der Waals surface area (Å²) >= 11 is 8.55. The van der Waals surface area contributed by atoms with Crippen molar-refractivity contribution in [3.05, 3.63) is 82.0 Å². The fourth-order valence-electron chi connectivity index (χ4n) is 3.08. The summed E-state index contributed by atoms with van der Waals surface area (Å²) in [5.41, 5.74) is 1.82. The molecule has 1 aliphatic heterocycles. The molecular weight excluding hydrogens is 480 g/mol. The average Bonchev–Trinajstić information content (AvgIpc) is 3.21. The fraction of sp³-hybridized carbons (Fsp3) is 0.0435. The third-order valence-corrected chi connectivity index (χ3v) is 5.49. The van der Waals surface area contributed by atoms with Crippen molar-refractivity contribution in [2.75, 3.05) is 4.90 Å². The Bertz CT molecular complexity index is 1240. The number of furan rings is 1. The van der Waals surface area contributed by atoms with Crippen LogP contribution in [-0.4, -0.2) is 22.7 Å². The number of carbonyl (C=O) groups excluding carboxylic acids is 3. The van der Waals surface area contributed by atoms with Crippen LogP contribution >= 0.6 is 28.1 Å². The number of ketones is 1. The second-order valence-corrected chi connectivity index (χ2v) is 8.07. The number of halogens is 1. The molecule has 3 aromatic rings. The first-order valence-electron chi connectivity index (χ1n) is 9.22. The highest BCUT2D eigenvalue weighted by Gasteiger charge is 2.34. The number of benzene rings is 2. The van der Waals surface area contributed by atoms with E-state index in [2.05, 4.69) is 21.2 Å². The van der Waals surface area contributed by atoms with Gasteiger partial charge in [-0.15, -0.1) is 0 Å². The van der Waals surface area contributed by atoms with Crippen molar-refractivity contribution >= 4 is 62.6 Å². The van der Waals surface area contributed by atoms with Gasteiger partial charge in [-0.3, -0.25) is 24.6 Å². The van der Waals surface area contributed by atoms with Gasteiger partial charge in [-0.05, 0) is 61.6 Å². The monoisotopic (exact) mass is 494 g/mol. The largest absolute Gasteiger partial charge is 0.457 e. The van der Waals surface area contributed by atoms with Crippen LogP contribution in [0.4, 0.5) is 5.69 Å². The summed E-state index contributed by atoms with van der Waals surface area (Å²) in [4.78, 5) is 38.2. The molecule has 0 spiro atoms. The van der Waals surface area contributed by atoms with Crippen molar-refractivity contribution in [3.8, 4) is 11.3 Å². The van der Waals surface area contributed by atoms with E-state index < -0.39 is 11.8 Å². The van der Waals surface area contributed by atoms with E-state index in [0.29, 0.717) is 22.8 Å². The normalized spacial score (nSPS) is 15.4. The minimum Gasteiger partial charge on any atom is -0.457 e. The molecule has 1 N–H and O–H groups in total. The van der Waals surface area contributed by atoms with Crippen molar-refractivity contribution in [2.45, 2.75) is 6.92 Å². The Morgan fingerprint density at radius 1 is 1.03 bits per heavy atom. The quantitative estimate of drug-likeness (QED) is 0.245. The lowest BCUT2D eigenvalue weighted by Gasteiger charge is -2.28. The molecule has 8 heteroatoms. The van der Waals surface area contributed by atoms with Gasteiger partial charge in [-0.2, -0.15) is 0 Å². The molecule has 2 aromatic carbocycles. The van der Waals surface area contributed by atoms with Crippen molar-refractivity contribution in [1.82, 2.24) is 5.32 Å².